The Labute approximate surface area is 141 Å². The number of benzene rings is 3. The lowest BCUT2D eigenvalue weighted by Gasteiger charge is -2.10. The number of hydrazine groups is 1. The van der Waals surface area contributed by atoms with Crippen molar-refractivity contribution in [3.8, 4) is 5.75 Å². The van der Waals surface area contributed by atoms with Gasteiger partial charge in [-0.15, -0.1) is 0 Å². The van der Waals surface area contributed by atoms with Crippen molar-refractivity contribution in [2.45, 2.75) is 13.2 Å². The average Bonchev–Trinajstić information content (AvgIpc) is 2.62. The van der Waals surface area contributed by atoms with Gasteiger partial charge in [0.1, 0.15) is 6.61 Å². The highest BCUT2D eigenvalue weighted by Gasteiger charge is 2.02. The largest absolute Gasteiger partial charge is 0.486 e. The standard InChI is InChI=1S/C20H19FN2O/c21-19-11-4-5-12-20(19)24-15-17-8-6-7-16(13-17)14-22-23-18-9-2-1-3-10-18/h1-13,22-23H,14-15H2. The van der Waals surface area contributed by atoms with E-state index < -0.39 is 0 Å². The van der Waals surface area contributed by atoms with E-state index in [0.29, 0.717) is 13.2 Å². The van der Waals surface area contributed by atoms with Crippen LogP contribution in [-0.4, -0.2) is 0 Å². The maximum Gasteiger partial charge on any atom is 0.165 e. The zero-order valence-electron chi connectivity index (χ0n) is 13.2. The van der Waals surface area contributed by atoms with Crippen LogP contribution < -0.4 is 15.6 Å². The molecule has 122 valence electrons. The molecule has 0 bridgehead atoms. The minimum Gasteiger partial charge on any atom is -0.486 e. The quantitative estimate of drug-likeness (QED) is 0.627. The van der Waals surface area contributed by atoms with Crippen molar-refractivity contribution in [3.05, 3.63) is 95.8 Å². The first-order valence-corrected chi connectivity index (χ1v) is 7.80. The summed E-state index contributed by atoms with van der Waals surface area (Å²) in [5.41, 5.74) is 9.45. The molecule has 0 fully saturated rings. The van der Waals surface area contributed by atoms with Crippen molar-refractivity contribution in [1.29, 1.82) is 0 Å². The molecule has 0 aromatic heterocycles. The van der Waals surface area contributed by atoms with Crippen LogP contribution in [0.2, 0.25) is 0 Å². The number of nitrogens with one attached hydrogen (secondary N) is 2. The molecule has 4 heteroatoms. The van der Waals surface area contributed by atoms with Crippen LogP contribution in [0.1, 0.15) is 11.1 Å². The molecule has 3 rings (SSSR count). The lowest BCUT2D eigenvalue weighted by Crippen LogP contribution is -2.20. The van der Waals surface area contributed by atoms with Crippen molar-refractivity contribution in [2.24, 2.45) is 0 Å². The Balaban J connectivity index is 1.53. The number of halogens is 1. The Bertz CT molecular complexity index is 777. The first kappa shape index (κ1) is 16.0. The van der Waals surface area contributed by atoms with Crippen LogP contribution in [0.4, 0.5) is 10.1 Å². The molecular weight excluding hydrogens is 303 g/mol. The predicted molar refractivity (Wildman–Crippen MR) is 94.1 cm³/mol. The normalized spacial score (nSPS) is 10.4. The smallest absolute Gasteiger partial charge is 0.165 e. The third kappa shape index (κ3) is 4.57. The Kier molecular flexibility index (Phi) is 5.43. The fourth-order valence-electron chi connectivity index (χ4n) is 2.32. The minimum absolute atomic E-state index is 0.270. The van der Waals surface area contributed by atoms with E-state index in [9.17, 15) is 4.39 Å². The van der Waals surface area contributed by atoms with Gasteiger partial charge in [0, 0.05) is 12.2 Å². The molecule has 3 nitrogen and oxygen atoms in total. The Morgan fingerprint density at radius 2 is 1.54 bits per heavy atom. The third-order valence-electron chi connectivity index (χ3n) is 3.52. The third-order valence-corrected chi connectivity index (χ3v) is 3.52. The molecule has 0 aliphatic carbocycles. The average molecular weight is 322 g/mol. The number of anilines is 1. The number of ether oxygens (including phenoxy) is 1. The van der Waals surface area contributed by atoms with Gasteiger partial charge in [0.15, 0.2) is 11.6 Å². The van der Waals surface area contributed by atoms with E-state index in [1.165, 1.54) is 6.07 Å². The molecular formula is C20H19FN2O. The summed E-state index contributed by atoms with van der Waals surface area (Å²) in [6.45, 7) is 1.00. The summed E-state index contributed by atoms with van der Waals surface area (Å²) >= 11 is 0. The van der Waals surface area contributed by atoms with E-state index >= 15 is 0 Å². The second-order valence-corrected chi connectivity index (χ2v) is 5.38. The topological polar surface area (TPSA) is 33.3 Å². The van der Waals surface area contributed by atoms with Crippen molar-refractivity contribution >= 4 is 5.69 Å². The molecule has 0 saturated heterocycles. The maximum absolute atomic E-state index is 13.6. The van der Waals surface area contributed by atoms with Crippen LogP contribution in [0.5, 0.6) is 5.75 Å². The van der Waals surface area contributed by atoms with E-state index in [-0.39, 0.29) is 11.6 Å². The summed E-state index contributed by atoms with van der Waals surface area (Å²) in [5.74, 6) is -0.0749. The zero-order valence-corrected chi connectivity index (χ0v) is 13.2. The van der Waals surface area contributed by atoms with Crippen molar-refractivity contribution in [1.82, 2.24) is 5.43 Å². The zero-order chi connectivity index (χ0) is 16.6. The van der Waals surface area contributed by atoms with Gasteiger partial charge in [0.05, 0.1) is 0 Å². The van der Waals surface area contributed by atoms with E-state index in [2.05, 4.69) is 10.9 Å². The van der Waals surface area contributed by atoms with E-state index in [0.717, 1.165) is 16.8 Å². The lowest BCUT2D eigenvalue weighted by molar-refractivity contribution is 0.290. The summed E-state index contributed by atoms with van der Waals surface area (Å²) < 4.78 is 19.1. The van der Waals surface area contributed by atoms with Crippen molar-refractivity contribution in [3.63, 3.8) is 0 Å². The van der Waals surface area contributed by atoms with Gasteiger partial charge in [0.2, 0.25) is 0 Å². The van der Waals surface area contributed by atoms with Crippen molar-refractivity contribution < 1.29 is 9.13 Å². The summed E-state index contributed by atoms with van der Waals surface area (Å²) in [5, 5.41) is 0. The molecule has 3 aromatic carbocycles. The van der Waals surface area contributed by atoms with Gasteiger partial charge in [-0.3, -0.25) is 0 Å². The maximum atomic E-state index is 13.6. The fraction of sp³-hybridized carbons (Fsp3) is 0.100. The fourth-order valence-corrected chi connectivity index (χ4v) is 2.32. The molecule has 0 aliphatic rings. The number of hydrogen-bond acceptors (Lipinski definition) is 3. The summed E-state index contributed by atoms with van der Waals surface area (Å²) in [4.78, 5) is 0. The second kappa shape index (κ2) is 8.13. The van der Waals surface area contributed by atoms with Crippen LogP contribution in [0, 0.1) is 5.82 Å². The Morgan fingerprint density at radius 1 is 0.792 bits per heavy atom. The van der Waals surface area contributed by atoms with Crippen LogP contribution in [0.3, 0.4) is 0 Å². The number of para-hydroxylation sites is 2. The van der Waals surface area contributed by atoms with Gasteiger partial charge < -0.3 is 10.2 Å². The van der Waals surface area contributed by atoms with Gasteiger partial charge in [-0.05, 0) is 35.4 Å². The molecule has 0 spiro atoms. The molecule has 0 heterocycles. The SMILES string of the molecule is Fc1ccccc1OCc1cccc(CNNc2ccccc2)c1. The number of rotatable bonds is 7. The number of hydrogen-bond donors (Lipinski definition) is 2. The van der Waals surface area contributed by atoms with Gasteiger partial charge in [-0.25, -0.2) is 9.82 Å². The molecule has 24 heavy (non-hydrogen) atoms. The lowest BCUT2D eigenvalue weighted by atomic mass is 10.1. The van der Waals surface area contributed by atoms with Crippen molar-refractivity contribution in [2.75, 3.05) is 5.43 Å². The van der Waals surface area contributed by atoms with Gasteiger partial charge in [0.25, 0.3) is 0 Å². The van der Waals surface area contributed by atoms with Gasteiger partial charge in [-0.1, -0.05) is 54.6 Å². The van der Waals surface area contributed by atoms with Crippen LogP contribution >= 0.6 is 0 Å². The summed E-state index contributed by atoms with van der Waals surface area (Å²) in [6.07, 6.45) is 0. The monoisotopic (exact) mass is 322 g/mol. The van der Waals surface area contributed by atoms with Gasteiger partial charge >= 0.3 is 0 Å². The van der Waals surface area contributed by atoms with Crippen LogP contribution in [0.15, 0.2) is 78.9 Å². The first-order valence-electron chi connectivity index (χ1n) is 7.80. The molecule has 0 saturated carbocycles. The Morgan fingerprint density at radius 3 is 2.38 bits per heavy atom. The predicted octanol–water partition coefficient (Wildman–Crippen LogP) is 4.52. The first-order chi connectivity index (χ1) is 11.8. The molecule has 0 radical (unpaired) electrons. The highest BCUT2D eigenvalue weighted by Crippen LogP contribution is 2.17. The summed E-state index contributed by atoms with van der Waals surface area (Å²) in [7, 11) is 0. The molecule has 0 amide bonds. The van der Waals surface area contributed by atoms with Gasteiger partial charge in [-0.2, -0.15) is 0 Å². The highest BCUT2D eigenvalue weighted by atomic mass is 19.1. The molecule has 0 atom stereocenters. The Hall–Kier alpha value is -2.85. The molecule has 0 unspecified atom stereocenters. The van der Waals surface area contributed by atoms with E-state index in [4.69, 9.17) is 4.74 Å². The van der Waals surface area contributed by atoms with Crippen LogP contribution in [-0.2, 0) is 13.2 Å². The van der Waals surface area contributed by atoms with E-state index in [1.54, 1.807) is 18.2 Å². The minimum atomic E-state index is -0.345. The molecule has 3 aromatic rings. The second-order valence-electron chi connectivity index (χ2n) is 5.38. The molecule has 0 aliphatic heterocycles. The summed E-state index contributed by atoms with van der Waals surface area (Å²) in [6, 6.07) is 24.4. The van der Waals surface area contributed by atoms with E-state index in [1.807, 2.05) is 54.6 Å². The highest BCUT2D eigenvalue weighted by molar-refractivity contribution is 5.41. The molecule has 2 N–H and O–H groups in total. The van der Waals surface area contributed by atoms with Crippen LogP contribution in [0.25, 0.3) is 0 Å².